The molecule has 0 aliphatic rings. The van der Waals surface area contributed by atoms with E-state index < -0.39 is 0 Å². The first kappa shape index (κ1) is 21.7. The van der Waals surface area contributed by atoms with Crippen molar-refractivity contribution >= 4 is 59.9 Å². The van der Waals surface area contributed by atoms with E-state index in [2.05, 4.69) is 108 Å². The third-order valence-corrected chi connectivity index (χ3v) is 7.88. The number of hydrogen-bond donors (Lipinski definition) is 0. The van der Waals surface area contributed by atoms with Crippen LogP contribution >= 0.6 is 0 Å². The molecule has 39 heavy (non-hydrogen) atoms. The fraction of sp³-hybridized carbons (Fsp3) is 0. The molecule has 1 aromatic heterocycles. The van der Waals surface area contributed by atoms with E-state index in [1.807, 2.05) is 18.2 Å². The van der Waals surface area contributed by atoms with Gasteiger partial charge in [0.05, 0.1) is 6.57 Å². The number of fused-ring (bicyclic) bond motifs is 8. The van der Waals surface area contributed by atoms with Gasteiger partial charge in [-0.1, -0.05) is 97.1 Å². The fourth-order valence-electron chi connectivity index (χ4n) is 5.96. The number of benzene rings is 7. The van der Waals surface area contributed by atoms with Crippen LogP contribution in [0.3, 0.4) is 0 Å². The van der Waals surface area contributed by atoms with Crippen molar-refractivity contribution in [1.82, 2.24) is 0 Å². The van der Waals surface area contributed by atoms with Gasteiger partial charge in [0.1, 0.15) is 11.2 Å². The summed E-state index contributed by atoms with van der Waals surface area (Å²) >= 11 is 0. The second-order valence-electron chi connectivity index (χ2n) is 10.0. The Balaban J connectivity index is 1.28. The summed E-state index contributed by atoms with van der Waals surface area (Å²) in [5, 5.41) is 9.64. The molecule has 0 N–H and O–H groups in total. The molecule has 0 bridgehead atoms. The van der Waals surface area contributed by atoms with Crippen LogP contribution in [0.1, 0.15) is 0 Å². The first-order valence-corrected chi connectivity index (χ1v) is 13.0. The lowest BCUT2D eigenvalue weighted by Gasteiger charge is -2.13. The summed E-state index contributed by atoms with van der Waals surface area (Å²) in [5.41, 5.74) is 6.97. The van der Waals surface area contributed by atoms with Crippen molar-refractivity contribution in [3.8, 4) is 22.3 Å². The van der Waals surface area contributed by atoms with Gasteiger partial charge in [-0.25, -0.2) is 4.85 Å². The Morgan fingerprint density at radius 1 is 0.436 bits per heavy atom. The molecular formula is C37H21NO. The topological polar surface area (TPSA) is 17.5 Å². The van der Waals surface area contributed by atoms with E-state index in [-0.39, 0.29) is 0 Å². The molecule has 8 rings (SSSR count). The molecule has 0 fully saturated rings. The highest BCUT2D eigenvalue weighted by Gasteiger charge is 2.12. The Morgan fingerprint density at radius 2 is 1.08 bits per heavy atom. The maximum absolute atomic E-state index is 7.38. The van der Waals surface area contributed by atoms with Gasteiger partial charge in [-0.05, 0) is 84.9 Å². The molecule has 180 valence electrons. The van der Waals surface area contributed by atoms with Crippen molar-refractivity contribution in [2.45, 2.75) is 0 Å². The van der Waals surface area contributed by atoms with Crippen molar-refractivity contribution < 1.29 is 4.42 Å². The van der Waals surface area contributed by atoms with Gasteiger partial charge < -0.3 is 4.42 Å². The number of nitrogens with zero attached hydrogens (tertiary/aromatic N) is 1. The molecule has 2 nitrogen and oxygen atoms in total. The predicted octanol–water partition coefficient (Wildman–Crippen LogP) is 10.9. The van der Waals surface area contributed by atoms with Gasteiger partial charge in [-0.2, -0.15) is 0 Å². The largest absolute Gasteiger partial charge is 0.456 e. The summed E-state index contributed by atoms with van der Waals surface area (Å²) in [6.45, 7) is 7.38. The van der Waals surface area contributed by atoms with Crippen LogP contribution in [0.2, 0.25) is 0 Å². The van der Waals surface area contributed by atoms with Gasteiger partial charge >= 0.3 is 0 Å². The van der Waals surface area contributed by atoms with Crippen LogP contribution in [-0.2, 0) is 0 Å². The molecule has 0 radical (unpaired) electrons. The smallest absolute Gasteiger partial charge is 0.188 e. The standard InChI is InChI=1S/C37H21NO/c1-38-27-16-19-37-35(21-27)34-20-26(15-18-36(34)39-37)23-10-12-25(13-11-23)32-22-33-28-7-3-2-6-24(28)14-17-31(33)29-8-4-5-9-30(29)32/h2-22H. The Kier molecular flexibility index (Phi) is 4.62. The zero-order valence-electron chi connectivity index (χ0n) is 21.0. The van der Waals surface area contributed by atoms with Gasteiger partial charge in [-0.15, -0.1) is 0 Å². The first-order chi connectivity index (χ1) is 19.3. The van der Waals surface area contributed by atoms with E-state index in [1.54, 1.807) is 6.07 Å². The molecule has 8 aromatic rings. The highest BCUT2D eigenvalue weighted by molar-refractivity contribution is 6.21. The summed E-state index contributed by atoms with van der Waals surface area (Å²) in [6.07, 6.45) is 0. The van der Waals surface area contributed by atoms with E-state index >= 15 is 0 Å². The quantitative estimate of drug-likeness (QED) is 0.172. The summed E-state index contributed by atoms with van der Waals surface area (Å²) in [6, 6.07) is 44.9. The Morgan fingerprint density at radius 3 is 1.90 bits per heavy atom. The molecular weight excluding hydrogens is 474 g/mol. The lowest BCUT2D eigenvalue weighted by Crippen LogP contribution is -1.86. The normalized spacial score (nSPS) is 11.6. The van der Waals surface area contributed by atoms with Crippen molar-refractivity contribution in [2.75, 3.05) is 0 Å². The number of furan rings is 1. The van der Waals surface area contributed by atoms with Crippen LogP contribution in [0, 0.1) is 6.57 Å². The summed E-state index contributed by atoms with van der Waals surface area (Å²) in [5.74, 6) is 0. The second-order valence-corrected chi connectivity index (χ2v) is 10.0. The predicted molar refractivity (Wildman–Crippen MR) is 163 cm³/mol. The zero-order chi connectivity index (χ0) is 25.9. The molecule has 1 heterocycles. The van der Waals surface area contributed by atoms with E-state index in [0.717, 1.165) is 33.1 Å². The Labute approximate surface area is 225 Å². The lowest BCUT2D eigenvalue weighted by atomic mass is 9.90. The number of hydrogen-bond acceptors (Lipinski definition) is 1. The summed E-state index contributed by atoms with van der Waals surface area (Å²) in [7, 11) is 0. The fourth-order valence-corrected chi connectivity index (χ4v) is 5.96. The van der Waals surface area contributed by atoms with E-state index in [4.69, 9.17) is 11.0 Å². The van der Waals surface area contributed by atoms with Gasteiger partial charge in [0.15, 0.2) is 5.69 Å². The van der Waals surface area contributed by atoms with Crippen LogP contribution in [0.25, 0.3) is 81.4 Å². The van der Waals surface area contributed by atoms with Crippen molar-refractivity contribution in [1.29, 1.82) is 0 Å². The van der Waals surface area contributed by atoms with E-state index in [9.17, 15) is 0 Å². The maximum Gasteiger partial charge on any atom is 0.188 e. The van der Waals surface area contributed by atoms with Crippen molar-refractivity contribution in [3.63, 3.8) is 0 Å². The average Bonchev–Trinajstić information content (AvgIpc) is 3.37. The molecule has 0 unspecified atom stereocenters. The summed E-state index contributed by atoms with van der Waals surface area (Å²) < 4.78 is 6.02. The molecule has 0 saturated heterocycles. The zero-order valence-corrected chi connectivity index (χ0v) is 21.0. The van der Waals surface area contributed by atoms with Crippen molar-refractivity contribution in [3.05, 3.63) is 139 Å². The monoisotopic (exact) mass is 495 g/mol. The molecule has 0 aliphatic heterocycles. The molecule has 0 atom stereocenters. The first-order valence-electron chi connectivity index (χ1n) is 13.0. The van der Waals surface area contributed by atoms with Crippen molar-refractivity contribution in [2.24, 2.45) is 0 Å². The van der Waals surface area contributed by atoms with Gasteiger partial charge in [0.25, 0.3) is 0 Å². The molecule has 0 aliphatic carbocycles. The maximum atomic E-state index is 7.38. The van der Waals surface area contributed by atoms with E-state index in [0.29, 0.717) is 5.69 Å². The van der Waals surface area contributed by atoms with E-state index in [1.165, 1.54) is 43.4 Å². The lowest BCUT2D eigenvalue weighted by molar-refractivity contribution is 0.669. The third kappa shape index (κ3) is 3.34. The molecule has 2 heteroatoms. The molecule has 0 spiro atoms. The Bertz CT molecular complexity index is 2280. The molecule has 7 aromatic carbocycles. The molecule has 0 amide bonds. The Hall–Kier alpha value is -5.39. The van der Waals surface area contributed by atoms with Gasteiger partial charge in [0.2, 0.25) is 0 Å². The minimum atomic E-state index is 0.621. The minimum absolute atomic E-state index is 0.621. The van der Waals surface area contributed by atoms with Crippen LogP contribution < -0.4 is 0 Å². The van der Waals surface area contributed by atoms with Crippen LogP contribution in [-0.4, -0.2) is 0 Å². The van der Waals surface area contributed by atoms with Crippen LogP contribution in [0.15, 0.2) is 132 Å². The van der Waals surface area contributed by atoms with Gasteiger partial charge in [0, 0.05) is 10.8 Å². The minimum Gasteiger partial charge on any atom is -0.456 e. The molecule has 0 saturated carbocycles. The third-order valence-electron chi connectivity index (χ3n) is 7.88. The van der Waals surface area contributed by atoms with Gasteiger partial charge in [-0.3, -0.25) is 0 Å². The van der Waals surface area contributed by atoms with Crippen LogP contribution in [0.4, 0.5) is 5.69 Å². The SMILES string of the molecule is [C-]#[N+]c1ccc2oc3ccc(-c4ccc(-c5cc6c7ccccc7ccc6c6ccccc56)cc4)cc3c2c1. The second kappa shape index (κ2) is 8.31. The highest BCUT2D eigenvalue weighted by Crippen LogP contribution is 2.39. The number of rotatable bonds is 2. The average molecular weight is 496 g/mol. The highest BCUT2D eigenvalue weighted by atomic mass is 16.3. The summed E-state index contributed by atoms with van der Waals surface area (Å²) in [4.78, 5) is 3.59. The van der Waals surface area contributed by atoms with Crippen LogP contribution in [0.5, 0.6) is 0 Å².